The van der Waals surface area contributed by atoms with Crippen LogP contribution in [0.1, 0.15) is 67.0 Å². The molecule has 30 heavy (non-hydrogen) atoms. The summed E-state index contributed by atoms with van der Waals surface area (Å²) >= 11 is 1.41. The number of hydrazine groups is 1. The third-order valence-electron chi connectivity index (χ3n) is 4.66. The van der Waals surface area contributed by atoms with E-state index in [0.717, 1.165) is 37.8 Å². The van der Waals surface area contributed by atoms with Gasteiger partial charge in [-0.05, 0) is 50.3 Å². The van der Waals surface area contributed by atoms with Gasteiger partial charge in [-0.3, -0.25) is 30.6 Å². The van der Waals surface area contributed by atoms with Crippen molar-refractivity contribution in [2.45, 2.75) is 39.0 Å². The summed E-state index contributed by atoms with van der Waals surface area (Å²) in [6.07, 6.45) is 5.26. The zero-order valence-electron chi connectivity index (χ0n) is 16.4. The Labute approximate surface area is 176 Å². The van der Waals surface area contributed by atoms with Crippen molar-refractivity contribution in [3.05, 3.63) is 60.8 Å². The average Bonchev–Trinajstić information content (AvgIpc) is 3.02. The molecule has 10 heteroatoms. The van der Waals surface area contributed by atoms with Crippen LogP contribution < -0.4 is 10.9 Å². The Morgan fingerprint density at radius 1 is 1.03 bits per heavy atom. The van der Waals surface area contributed by atoms with Gasteiger partial charge in [-0.25, -0.2) is 4.79 Å². The summed E-state index contributed by atoms with van der Waals surface area (Å²) in [6.45, 7) is 1.69. The number of nitro groups is 1. The molecule has 9 nitrogen and oxygen atoms in total. The predicted molar refractivity (Wildman–Crippen MR) is 110 cm³/mol. The van der Waals surface area contributed by atoms with E-state index in [-0.39, 0.29) is 17.7 Å². The lowest BCUT2D eigenvalue weighted by Gasteiger charge is -2.08. The normalized spacial score (nSPS) is 13.0. The van der Waals surface area contributed by atoms with Crippen LogP contribution in [0.4, 0.5) is 5.69 Å². The number of nitrogens with one attached hydrogen (secondary N) is 2. The van der Waals surface area contributed by atoms with Crippen molar-refractivity contribution in [1.29, 1.82) is 0 Å². The molecule has 0 atom stereocenters. The van der Waals surface area contributed by atoms with Crippen molar-refractivity contribution in [2.24, 2.45) is 0 Å². The lowest BCUT2D eigenvalue weighted by molar-refractivity contribution is -0.384. The Hall–Kier alpha value is -3.27. The molecule has 1 aliphatic carbocycles. The molecule has 158 valence electrons. The highest BCUT2D eigenvalue weighted by Crippen LogP contribution is 2.28. The second-order valence-corrected chi connectivity index (χ2v) is 7.91. The maximum atomic E-state index is 12.4. The molecule has 0 unspecified atom stereocenters. The van der Waals surface area contributed by atoms with Crippen molar-refractivity contribution in [3.63, 3.8) is 0 Å². The molecule has 0 saturated carbocycles. The van der Waals surface area contributed by atoms with Crippen LogP contribution in [0.25, 0.3) is 0 Å². The molecule has 0 aliphatic heterocycles. The Bertz CT molecular complexity index is 977. The molecule has 2 amide bonds. The number of aryl methyl sites for hydroxylation is 2. The van der Waals surface area contributed by atoms with E-state index in [1.165, 1.54) is 34.3 Å². The number of esters is 1. The summed E-state index contributed by atoms with van der Waals surface area (Å²) in [4.78, 5) is 48.9. The number of nitrogens with zero attached hydrogens (tertiary/aromatic N) is 1. The van der Waals surface area contributed by atoms with Crippen LogP contribution in [0.3, 0.4) is 0 Å². The molecule has 0 radical (unpaired) electrons. The lowest BCUT2D eigenvalue weighted by atomic mass is 10.1. The Balaban J connectivity index is 1.71. The minimum Gasteiger partial charge on any atom is -0.462 e. The monoisotopic (exact) mass is 431 g/mol. The van der Waals surface area contributed by atoms with Crippen molar-refractivity contribution in [3.8, 4) is 0 Å². The summed E-state index contributed by atoms with van der Waals surface area (Å²) < 4.78 is 4.84. The second-order valence-electron chi connectivity index (χ2n) is 6.77. The fourth-order valence-electron chi connectivity index (χ4n) is 3.21. The second kappa shape index (κ2) is 9.49. The van der Waals surface area contributed by atoms with E-state index >= 15 is 0 Å². The van der Waals surface area contributed by atoms with Gasteiger partial charge in [0.25, 0.3) is 17.5 Å². The van der Waals surface area contributed by atoms with Gasteiger partial charge in [-0.15, -0.1) is 11.3 Å². The van der Waals surface area contributed by atoms with Crippen molar-refractivity contribution >= 4 is 34.8 Å². The van der Waals surface area contributed by atoms with Crippen molar-refractivity contribution in [1.82, 2.24) is 10.9 Å². The molecule has 0 spiro atoms. The maximum absolute atomic E-state index is 12.4. The number of rotatable bonds is 5. The Morgan fingerprint density at radius 3 is 2.47 bits per heavy atom. The zero-order chi connectivity index (χ0) is 21.7. The number of thiophene rings is 1. The molecule has 1 heterocycles. The molecule has 0 saturated heterocycles. The number of ether oxygens (including phenoxy) is 1. The first-order chi connectivity index (χ1) is 14.4. The number of benzene rings is 1. The third-order valence-corrected chi connectivity index (χ3v) is 5.90. The van der Waals surface area contributed by atoms with Gasteiger partial charge in [0.1, 0.15) is 0 Å². The topological polar surface area (TPSA) is 128 Å². The van der Waals surface area contributed by atoms with Crippen LogP contribution >= 0.6 is 11.3 Å². The van der Waals surface area contributed by atoms with Gasteiger partial charge in [-0.2, -0.15) is 0 Å². The lowest BCUT2D eigenvalue weighted by Crippen LogP contribution is -2.41. The molecule has 1 aromatic heterocycles. The fourth-order valence-corrected chi connectivity index (χ4v) is 4.36. The summed E-state index contributed by atoms with van der Waals surface area (Å²) in [5.41, 5.74) is 5.05. The number of non-ortho nitro benzene ring substituents is 1. The van der Waals surface area contributed by atoms with Gasteiger partial charge in [0.2, 0.25) is 0 Å². The number of fused-ring (bicyclic) bond motifs is 1. The van der Waals surface area contributed by atoms with Crippen LogP contribution in [0.2, 0.25) is 0 Å². The number of amides is 2. The predicted octanol–water partition coefficient (Wildman–Crippen LogP) is 3.18. The first-order valence-electron chi connectivity index (χ1n) is 9.58. The van der Waals surface area contributed by atoms with Gasteiger partial charge in [-0.1, -0.05) is 6.42 Å². The summed E-state index contributed by atoms with van der Waals surface area (Å²) in [6, 6.07) is 5.09. The summed E-state index contributed by atoms with van der Waals surface area (Å²) in [5, 5.41) is 11.1. The third kappa shape index (κ3) is 5.01. The highest BCUT2D eigenvalue weighted by Gasteiger charge is 2.20. The molecular weight excluding hydrogens is 410 g/mol. The van der Waals surface area contributed by atoms with Crippen molar-refractivity contribution < 1.29 is 24.0 Å². The number of nitro benzene ring substituents is 1. The van der Waals surface area contributed by atoms with Crippen LogP contribution in [0, 0.1) is 10.1 Å². The molecule has 2 aromatic rings. The van der Waals surface area contributed by atoms with E-state index < -0.39 is 28.4 Å². The van der Waals surface area contributed by atoms with Crippen molar-refractivity contribution in [2.75, 3.05) is 6.61 Å². The zero-order valence-corrected chi connectivity index (χ0v) is 17.2. The summed E-state index contributed by atoms with van der Waals surface area (Å²) in [7, 11) is 0. The molecule has 0 bridgehead atoms. The van der Waals surface area contributed by atoms with Gasteiger partial charge < -0.3 is 4.74 Å². The van der Waals surface area contributed by atoms with Crippen LogP contribution in [-0.4, -0.2) is 29.3 Å². The van der Waals surface area contributed by atoms with Crippen LogP contribution in [-0.2, 0) is 17.6 Å². The van der Waals surface area contributed by atoms with E-state index in [0.29, 0.717) is 4.88 Å². The van der Waals surface area contributed by atoms with Gasteiger partial charge >= 0.3 is 5.97 Å². The van der Waals surface area contributed by atoms with E-state index in [1.54, 1.807) is 6.92 Å². The first-order valence-corrected chi connectivity index (χ1v) is 10.4. The number of hydrogen-bond acceptors (Lipinski definition) is 7. The smallest absolute Gasteiger partial charge is 0.338 e. The number of carbonyl (C=O) groups is 3. The van der Waals surface area contributed by atoms with Gasteiger partial charge in [0.05, 0.1) is 22.0 Å². The highest BCUT2D eigenvalue weighted by atomic mass is 32.1. The Kier molecular flexibility index (Phi) is 6.78. The quantitative estimate of drug-likeness (QED) is 0.324. The van der Waals surface area contributed by atoms with Gasteiger partial charge in [0, 0.05) is 22.6 Å². The van der Waals surface area contributed by atoms with E-state index in [9.17, 15) is 24.5 Å². The minimum atomic E-state index is -0.782. The minimum absolute atomic E-state index is 0.0872. The van der Waals surface area contributed by atoms with Crippen LogP contribution in [0.5, 0.6) is 0 Å². The SMILES string of the molecule is CCOC(=O)c1cc(C(=O)NNC(=O)c2cc3c(s2)CCCCC3)cc([N+](=O)[O-])c1. The highest BCUT2D eigenvalue weighted by molar-refractivity contribution is 7.14. The average molecular weight is 431 g/mol. The molecule has 3 rings (SSSR count). The van der Waals surface area contributed by atoms with Crippen LogP contribution in [0.15, 0.2) is 24.3 Å². The van der Waals surface area contributed by atoms with Gasteiger partial charge in [0.15, 0.2) is 0 Å². The fraction of sp³-hybridized carbons (Fsp3) is 0.350. The first kappa shape index (κ1) is 21.4. The molecule has 1 aliphatic rings. The van der Waals surface area contributed by atoms with E-state index in [1.807, 2.05) is 6.07 Å². The molecule has 2 N–H and O–H groups in total. The maximum Gasteiger partial charge on any atom is 0.338 e. The van der Waals surface area contributed by atoms with E-state index in [4.69, 9.17) is 4.74 Å². The molecular formula is C20H21N3O6S. The molecule has 1 aromatic carbocycles. The number of hydrogen-bond donors (Lipinski definition) is 2. The standard InChI is InChI=1S/C20H21N3O6S/c1-2-29-20(26)14-8-13(9-15(10-14)23(27)28)18(24)21-22-19(25)17-11-12-6-4-3-5-7-16(12)30-17/h8-11H,2-7H2,1H3,(H,21,24)(H,22,25). The van der Waals surface area contributed by atoms with E-state index in [2.05, 4.69) is 10.9 Å². The Morgan fingerprint density at radius 2 is 1.73 bits per heavy atom. The molecule has 0 fully saturated rings. The summed E-state index contributed by atoms with van der Waals surface area (Å²) in [5.74, 6) is -2.02. The number of carbonyl (C=O) groups excluding carboxylic acids is 3. The largest absolute Gasteiger partial charge is 0.462 e.